The summed E-state index contributed by atoms with van der Waals surface area (Å²) >= 11 is 7.02. The van der Waals surface area contributed by atoms with Gasteiger partial charge in [0.2, 0.25) is 10.0 Å². The zero-order chi connectivity index (χ0) is 14.8. The molecule has 0 bridgehead atoms. The second-order valence-corrected chi connectivity index (χ2v) is 7.44. The van der Waals surface area contributed by atoms with E-state index in [1.54, 1.807) is 0 Å². The van der Waals surface area contributed by atoms with Crippen LogP contribution in [0.4, 0.5) is 8.78 Å². The highest BCUT2D eigenvalue weighted by Crippen LogP contribution is 2.33. The molecule has 5 nitrogen and oxygen atoms in total. The summed E-state index contributed by atoms with van der Waals surface area (Å²) in [4.78, 5) is 3.92. The van der Waals surface area contributed by atoms with Crippen LogP contribution >= 0.6 is 23.4 Å². The molecule has 1 saturated heterocycles. The minimum absolute atomic E-state index is 0.123. The van der Waals surface area contributed by atoms with Crippen molar-refractivity contribution >= 4 is 33.4 Å². The number of nitrogens with one attached hydrogen (secondary N) is 1. The van der Waals surface area contributed by atoms with Crippen molar-refractivity contribution in [1.82, 2.24) is 9.71 Å². The van der Waals surface area contributed by atoms with Gasteiger partial charge < -0.3 is 4.74 Å². The summed E-state index contributed by atoms with van der Waals surface area (Å²) in [6, 6.07) is 1.40. The first kappa shape index (κ1) is 15.9. The van der Waals surface area contributed by atoms with Crippen molar-refractivity contribution in [1.29, 1.82) is 0 Å². The van der Waals surface area contributed by atoms with Crippen LogP contribution in [0.1, 0.15) is 0 Å². The molecule has 0 unspecified atom stereocenters. The van der Waals surface area contributed by atoms with Gasteiger partial charge in [-0.15, -0.1) is 11.8 Å². The third kappa shape index (κ3) is 4.01. The van der Waals surface area contributed by atoms with Crippen LogP contribution < -0.4 is 4.72 Å². The first-order valence-electron chi connectivity index (χ1n) is 5.56. The Labute approximate surface area is 124 Å². The Hall–Kier alpha value is -0.480. The third-order valence-electron chi connectivity index (χ3n) is 2.42. The molecule has 1 aliphatic heterocycles. The number of aromatic nitrogens is 1. The Balaban J connectivity index is 2.24. The first-order chi connectivity index (χ1) is 9.38. The number of alkyl halides is 2. The Morgan fingerprint density at radius 1 is 1.55 bits per heavy atom. The van der Waals surface area contributed by atoms with Gasteiger partial charge in [0.05, 0.1) is 25.0 Å². The summed E-state index contributed by atoms with van der Waals surface area (Å²) in [5, 5.41) is 0.262. The lowest BCUT2D eigenvalue weighted by Gasteiger charge is -2.25. The van der Waals surface area contributed by atoms with E-state index >= 15 is 0 Å². The monoisotopic (exact) mass is 344 g/mol. The van der Waals surface area contributed by atoms with Crippen molar-refractivity contribution in [3.63, 3.8) is 0 Å². The minimum Gasteiger partial charge on any atom is -0.379 e. The SMILES string of the molecule is O=S(=O)(NCC(F)F)c1cnc(Cl)cc1SC1COC1. The van der Waals surface area contributed by atoms with E-state index < -0.39 is 23.0 Å². The van der Waals surface area contributed by atoms with Crippen LogP contribution in [0, 0.1) is 0 Å². The quantitative estimate of drug-likeness (QED) is 0.797. The van der Waals surface area contributed by atoms with E-state index in [0.29, 0.717) is 18.1 Å². The van der Waals surface area contributed by atoms with E-state index in [1.807, 2.05) is 4.72 Å². The van der Waals surface area contributed by atoms with Gasteiger partial charge in [-0.2, -0.15) is 0 Å². The van der Waals surface area contributed by atoms with Crippen LogP contribution in [0.5, 0.6) is 0 Å². The number of hydrogen-bond acceptors (Lipinski definition) is 5. The maximum Gasteiger partial charge on any atom is 0.251 e. The highest BCUT2D eigenvalue weighted by molar-refractivity contribution is 8.00. The van der Waals surface area contributed by atoms with Gasteiger partial charge in [0, 0.05) is 11.1 Å². The van der Waals surface area contributed by atoms with Gasteiger partial charge in [0.15, 0.2) is 0 Å². The van der Waals surface area contributed by atoms with Gasteiger partial charge in [0.25, 0.3) is 6.43 Å². The smallest absolute Gasteiger partial charge is 0.251 e. The number of nitrogens with zero attached hydrogens (tertiary/aromatic N) is 1. The topological polar surface area (TPSA) is 68.3 Å². The maximum absolute atomic E-state index is 12.1. The van der Waals surface area contributed by atoms with Gasteiger partial charge in [0.1, 0.15) is 10.0 Å². The van der Waals surface area contributed by atoms with Crippen LogP contribution in [0.25, 0.3) is 0 Å². The predicted octanol–water partition coefficient (Wildman–Crippen LogP) is 1.77. The van der Waals surface area contributed by atoms with E-state index in [-0.39, 0.29) is 15.3 Å². The summed E-state index contributed by atoms with van der Waals surface area (Å²) in [5.41, 5.74) is 0. The fourth-order valence-electron chi connectivity index (χ4n) is 1.41. The van der Waals surface area contributed by atoms with E-state index in [4.69, 9.17) is 16.3 Å². The Bertz CT molecular complexity index is 582. The molecule has 20 heavy (non-hydrogen) atoms. The van der Waals surface area contributed by atoms with E-state index in [9.17, 15) is 17.2 Å². The number of pyridine rings is 1. The molecular weight excluding hydrogens is 334 g/mol. The molecule has 0 amide bonds. The van der Waals surface area contributed by atoms with Crippen LogP contribution in [0.3, 0.4) is 0 Å². The number of ether oxygens (including phenoxy) is 1. The molecule has 2 heterocycles. The average Bonchev–Trinajstić information content (AvgIpc) is 2.31. The van der Waals surface area contributed by atoms with Crippen molar-refractivity contribution in [3.05, 3.63) is 17.4 Å². The lowest BCUT2D eigenvalue weighted by molar-refractivity contribution is 0.0455. The molecule has 1 aromatic heterocycles. The summed E-state index contributed by atoms with van der Waals surface area (Å²) in [5.74, 6) is 0. The second-order valence-electron chi connectivity index (χ2n) is 3.97. The second kappa shape index (κ2) is 6.52. The largest absolute Gasteiger partial charge is 0.379 e. The van der Waals surface area contributed by atoms with Gasteiger partial charge in [-0.25, -0.2) is 26.9 Å². The van der Waals surface area contributed by atoms with Gasteiger partial charge >= 0.3 is 0 Å². The molecule has 0 atom stereocenters. The van der Waals surface area contributed by atoms with Gasteiger partial charge in [-0.3, -0.25) is 0 Å². The number of halogens is 3. The predicted molar refractivity (Wildman–Crippen MR) is 70.9 cm³/mol. The summed E-state index contributed by atoms with van der Waals surface area (Å²) in [7, 11) is -4.05. The fourth-order valence-corrected chi connectivity index (χ4v) is 4.15. The number of sulfonamides is 1. The molecule has 1 fully saturated rings. The van der Waals surface area contributed by atoms with Crippen molar-refractivity contribution < 1.29 is 21.9 Å². The highest BCUT2D eigenvalue weighted by atomic mass is 35.5. The lowest BCUT2D eigenvalue weighted by Crippen LogP contribution is -2.31. The van der Waals surface area contributed by atoms with E-state index in [0.717, 1.165) is 6.20 Å². The average molecular weight is 345 g/mol. The Morgan fingerprint density at radius 2 is 2.25 bits per heavy atom. The molecule has 1 aromatic rings. The number of hydrogen-bond donors (Lipinski definition) is 1. The molecular formula is C10H11ClF2N2O3S2. The van der Waals surface area contributed by atoms with Crippen molar-refractivity contribution in [2.24, 2.45) is 0 Å². The molecule has 0 aromatic carbocycles. The van der Waals surface area contributed by atoms with Gasteiger partial charge in [-0.05, 0) is 6.07 Å². The molecule has 1 N–H and O–H groups in total. The summed E-state index contributed by atoms with van der Waals surface area (Å²) in [6.07, 6.45) is -1.70. The van der Waals surface area contributed by atoms with E-state index in [1.165, 1.54) is 17.8 Å². The highest BCUT2D eigenvalue weighted by Gasteiger charge is 2.26. The molecule has 112 valence electrons. The molecule has 10 heteroatoms. The minimum atomic E-state index is -4.05. The Morgan fingerprint density at radius 3 is 2.80 bits per heavy atom. The zero-order valence-corrected chi connectivity index (χ0v) is 12.4. The number of thioether (sulfide) groups is 1. The van der Waals surface area contributed by atoms with Crippen molar-refractivity contribution in [2.75, 3.05) is 19.8 Å². The van der Waals surface area contributed by atoms with Crippen molar-refractivity contribution in [3.8, 4) is 0 Å². The molecule has 0 aliphatic carbocycles. The van der Waals surface area contributed by atoms with Crippen LogP contribution in [-0.4, -0.2) is 44.8 Å². The summed E-state index contributed by atoms with van der Waals surface area (Å²) in [6.45, 7) is 0.0741. The zero-order valence-electron chi connectivity index (χ0n) is 10.1. The van der Waals surface area contributed by atoms with Crippen LogP contribution in [0.15, 0.2) is 22.1 Å². The van der Waals surface area contributed by atoms with Crippen molar-refractivity contribution in [2.45, 2.75) is 21.5 Å². The first-order valence-corrected chi connectivity index (χ1v) is 8.30. The standard InChI is InChI=1S/C10H11ClF2N2O3S2/c11-9-1-7(19-6-4-18-5-6)8(2-14-9)20(16,17)15-3-10(12)13/h1-2,6,10,15H,3-5H2. The lowest BCUT2D eigenvalue weighted by atomic mass is 10.4. The normalized spacial score (nSPS) is 16.4. The van der Waals surface area contributed by atoms with Crippen LogP contribution in [0.2, 0.25) is 5.15 Å². The maximum atomic E-state index is 12.1. The molecule has 0 spiro atoms. The fraction of sp³-hybridized carbons (Fsp3) is 0.500. The summed E-state index contributed by atoms with van der Waals surface area (Å²) < 4.78 is 55.1. The van der Waals surface area contributed by atoms with Crippen LogP contribution in [-0.2, 0) is 14.8 Å². The number of rotatable bonds is 6. The molecule has 1 aliphatic rings. The Kier molecular flexibility index (Phi) is 5.19. The third-order valence-corrected chi connectivity index (χ3v) is 5.40. The van der Waals surface area contributed by atoms with E-state index in [2.05, 4.69) is 4.98 Å². The molecule has 0 saturated carbocycles. The van der Waals surface area contributed by atoms with Gasteiger partial charge in [-0.1, -0.05) is 11.6 Å². The molecule has 0 radical (unpaired) electrons. The molecule has 2 rings (SSSR count).